The predicted octanol–water partition coefficient (Wildman–Crippen LogP) is 2.26. The van der Waals surface area contributed by atoms with Crippen molar-refractivity contribution in [2.45, 2.75) is 25.9 Å². The van der Waals surface area contributed by atoms with Crippen LogP contribution in [0.3, 0.4) is 0 Å². The van der Waals surface area contributed by atoms with Gasteiger partial charge in [0.25, 0.3) is 0 Å². The lowest BCUT2D eigenvalue weighted by atomic mass is 10.1. The van der Waals surface area contributed by atoms with Gasteiger partial charge < -0.3 is 5.32 Å². The molecule has 2 aromatic heterocycles. The summed E-state index contributed by atoms with van der Waals surface area (Å²) in [6, 6.07) is 2.64. The van der Waals surface area contributed by atoms with Crippen LogP contribution in [0.25, 0.3) is 0 Å². The van der Waals surface area contributed by atoms with Crippen LogP contribution < -0.4 is 5.32 Å². The third-order valence-corrected chi connectivity index (χ3v) is 3.12. The highest BCUT2D eigenvalue weighted by molar-refractivity contribution is 7.07. The Labute approximate surface area is 99.6 Å². The van der Waals surface area contributed by atoms with Crippen molar-refractivity contribution in [3.8, 4) is 0 Å². The van der Waals surface area contributed by atoms with Gasteiger partial charge in [0.2, 0.25) is 0 Å². The van der Waals surface area contributed by atoms with E-state index in [-0.39, 0.29) is 0 Å². The smallest absolute Gasteiger partial charge is 0.115 e. The number of nitrogens with one attached hydrogen (secondary N) is 1. The maximum Gasteiger partial charge on any atom is 0.115 e. The van der Waals surface area contributed by atoms with Crippen molar-refractivity contribution >= 4 is 11.3 Å². The van der Waals surface area contributed by atoms with Crippen molar-refractivity contribution in [3.05, 3.63) is 46.7 Å². The molecule has 3 nitrogen and oxygen atoms in total. The van der Waals surface area contributed by atoms with Gasteiger partial charge in [-0.25, -0.2) is 9.97 Å². The molecule has 16 heavy (non-hydrogen) atoms. The Morgan fingerprint density at radius 3 is 2.81 bits per heavy atom. The minimum Gasteiger partial charge on any atom is -0.310 e. The van der Waals surface area contributed by atoms with Gasteiger partial charge in [-0.3, -0.25) is 0 Å². The van der Waals surface area contributed by atoms with Gasteiger partial charge in [0.1, 0.15) is 6.33 Å². The molecule has 84 valence electrons. The van der Waals surface area contributed by atoms with Crippen molar-refractivity contribution in [2.24, 2.45) is 0 Å². The predicted molar refractivity (Wildman–Crippen MR) is 66.4 cm³/mol. The van der Waals surface area contributed by atoms with Crippen LogP contribution in [0.1, 0.15) is 18.1 Å². The molecule has 2 aromatic rings. The maximum atomic E-state index is 3.99. The topological polar surface area (TPSA) is 37.8 Å². The monoisotopic (exact) mass is 233 g/mol. The Hall–Kier alpha value is -1.26. The molecule has 0 aliphatic heterocycles. The number of rotatable bonds is 5. The van der Waals surface area contributed by atoms with E-state index in [9.17, 15) is 0 Å². The molecular formula is C12H15N3S. The van der Waals surface area contributed by atoms with Crippen LogP contribution in [0.2, 0.25) is 0 Å². The summed E-state index contributed by atoms with van der Waals surface area (Å²) in [7, 11) is 0. The Morgan fingerprint density at radius 1 is 1.31 bits per heavy atom. The van der Waals surface area contributed by atoms with E-state index in [0.29, 0.717) is 6.04 Å². The minimum absolute atomic E-state index is 0.467. The molecule has 0 aliphatic carbocycles. The zero-order chi connectivity index (χ0) is 11.2. The maximum absolute atomic E-state index is 3.99. The number of hydrogen-bond donors (Lipinski definition) is 1. The summed E-state index contributed by atoms with van der Waals surface area (Å²) in [4.78, 5) is 7.98. The number of aromatic nitrogens is 2. The molecule has 0 saturated heterocycles. The summed E-state index contributed by atoms with van der Waals surface area (Å²) >= 11 is 1.75. The second-order valence-electron chi connectivity index (χ2n) is 3.86. The van der Waals surface area contributed by atoms with Gasteiger partial charge in [-0.2, -0.15) is 11.3 Å². The Balaban J connectivity index is 1.78. The van der Waals surface area contributed by atoms with Gasteiger partial charge >= 0.3 is 0 Å². The second-order valence-corrected chi connectivity index (χ2v) is 4.64. The highest BCUT2D eigenvalue weighted by Gasteiger charge is 2.03. The van der Waals surface area contributed by atoms with Crippen molar-refractivity contribution in [2.75, 3.05) is 0 Å². The first-order chi connectivity index (χ1) is 7.84. The van der Waals surface area contributed by atoms with Crippen molar-refractivity contribution in [3.63, 3.8) is 0 Å². The van der Waals surface area contributed by atoms with E-state index in [1.54, 1.807) is 17.7 Å². The van der Waals surface area contributed by atoms with Gasteiger partial charge in [-0.15, -0.1) is 0 Å². The van der Waals surface area contributed by atoms with E-state index in [1.165, 1.54) is 5.56 Å². The number of hydrogen-bond acceptors (Lipinski definition) is 4. The summed E-state index contributed by atoms with van der Waals surface area (Å²) in [5, 5.41) is 7.78. The zero-order valence-electron chi connectivity index (χ0n) is 9.26. The second kappa shape index (κ2) is 5.72. The fourth-order valence-electron chi connectivity index (χ4n) is 1.55. The SMILES string of the molecule is CC(Cc1ccsc1)NCc1cncnc1. The summed E-state index contributed by atoms with van der Waals surface area (Å²) in [6.45, 7) is 3.02. The fourth-order valence-corrected chi connectivity index (χ4v) is 2.23. The van der Waals surface area contributed by atoms with E-state index in [1.807, 2.05) is 12.4 Å². The molecule has 0 saturated carbocycles. The van der Waals surface area contributed by atoms with E-state index >= 15 is 0 Å². The minimum atomic E-state index is 0.467. The molecule has 4 heteroatoms. The molecular weight excluding hydrogens is 218 g/mol. The van der Waals surface area contributed by atoms with Gasteiger partial charge in [0.05, 0.1) is 0 Å². The first kappa shape index (κ1) is 11.2. The molecule has 2 heterocycles. The van der Waals surface area contributed by atoms with E-state index < -0.39 is 0 Å². The summed E-state index contributed by atoms with van der Waals surface area (Å²) in [5.41, 5.74) is 2.52. The standard InChI is InChI=1S/C12H15N3S/c1-10(4-11-2-3-16-8-11)15-7-12-5-13-9-14-6-12/h2-3,5-6,8-10,15H,4,7H2,1H3. The molecule has 0 amide bonds. The molecule has 0 bridgehead atoms. The molecule has 0 fully saturated rings. The fraction of sp³-hybridized carbons (Fsp3) is 0.333. The lowest BCUT2D eigenvalue weighted by molar-refractivity contribution is 0.544. The average Bonchev–Trinajstić information content (AvgIpc) is 2.81. The average molecular weight is 233 g/mol. The Bertz CT molecular complexity index is 399. The van der Waals surface area contributed by atoms with Crippen LogP contribution in [0.5, 0.6) is 0 Å². The summed E-state index contributed by atoms with van der Waals surface area (Å²) in [5.74, 6) is 0. The van der Waals surface area contributed by atoms with E-state index in [4.69, 9.17) is 0 Å². The Kier molecular flexibility index (Phi) is 4.02. The van der Waals surface area contributed by atoms with Crippen molar-refractivity contribution < 1.29 is 0 Å². The van der Waals surface area contributed by atoms with Gasteiger partial charge in [0, 0.05) is 30.5 Å². The third kappa shape index (κ3) is 3.40. The van der Waals surface area contributed by atoms with Gasteiger partial charge in [-0.1, -0.05) is 0 Å². The molecule has 0 radical (unpaired) electrons. The highest BCUT2D eigenvalue weighted by atomic mass is 32.1. The number of nitrogens with zero attached hydrogens (tertiary/aromatic N) is 2. The van der Waals surface area contributed by atoms with Crippen LogP contribution >= 0.6 is 11.3 Å². The first-order valence-corrected chi connectivity index (χ1v) is 6.27. The zero-order valence-corrected chi connectivity index (χ0v) is 10.1. The molecule has 1 atom stereocenters. The van der Waals surface area contributed by atoms with Crippen LogP contribution in [0.15, 0.2) is 35.5 Å². The normalized spacial score (nSPS) is 12.6. The quantitative estimate of drug-likeness (QED) is 0.860. The summed E-state index contributed by atoms with van der Waals surface area (Å²) in [6.07, 6.45) is 6.31. The van der Waals surface area contributed by atoms with Crippen LogP contribution in [-0.2, 0) is 13.0 Å². The van der Waals surface area contributed by atoms with Crippen molar-refractivity contribution in [1.29, 1.82) is 0 Å². The van der Waals surface area contributed by atoms with Crippen LogP contribution in [0, 0.1) is 0 Å². The lowest BCUT2D eigenvalue weighted by Crippen LogP contribution is -2.27. The third-order valence-electron chi connectivity index (χ3n) is 2.39. The largest absolute Gasteiger partial charge is 0.310 e. The molecule has 0 aliphatic rings. The van der Waals surface area contributed by atoms with Crippen LogP contribution in [-0.4, -0.2) is 16.0 Å². The first-order valence-electron chi connectivity index (χ1n) is 5.33. The lowest BCUT2D eigenvalue weighted by Gasteiger charge is -2.12. The van der Waals surface area contributed by atoms with E-state index in [2.05, 4.69) is 39.0 Å². The molecule has 0 aromatic carbocycles. The summed E-state index contributed by atoms with van der Waals surface area (Å²) < 4.78 is 0. The van der Waals surface area contributed by atoms with Gasteiger partial charge in [0.15, 0.2) is 0 Å². The van der Waals surface area contributed by atoms with Crippen molar-refractivity contribution in [1.82, 2.24) is 15.3 Å². The van der Waals surface area contributed by atoms with Crippen LogP contribution in [0.4, 0.5) is 0 Å². The van der Waals surface area contributed by atoms with Gasteiger partial charge in [-0.05, 0) is 35.7 Å². The highest BCUT2D eigenvalue weighted by Crippen LogP contribution is 2.08. The molecule has 1 unspecified atom stereocenters. The number of thiophene rings is 1. The molecule has 1 N–H and O–H groups in total. The van der Waals surface area contributed by atoms with E-state index in [0.717, 1.165) is 18.5 Å². The molecule has 0 spiro atoms. The molecule has 2 rings (SSSR count). The Morgan fingerprint density at radius 2 is 2.12 bits per heavy atom.